The number of hydrogen-bond acceptors (Lipinski definition) is 3. The second kappa shape index (κ2) is 4.84. The Morgan fingerprint density at radius 1 is 1.31 bits per heavy atom. The Balaban J connectivity index is 2.48. The van der Waals surface area contributed by atoms with Gasteiger partial charge in [0.15, 0.2) is 0 Å². The fraction of sp³-hybridized carbons (Fsp3) is 0.0909. The number of hydrogen-bond donors (Lipinski definition) is 2. The molecule has 2 aromatic rings. The first-order valence-electron chi connectivity index (χ1n) is 4.66. The fourth-order valence-electron chi connectivity index (χ4n) is 1.33. The van der Waals surface area contributed by atoms with Gasteiger partial charge in [0, 0.05) is 21.4 Å². The molecule has 0 spiro atoms. The predicted octanol–water partition coefficient (Wildman–Crippen LogP) is 2.63. The molecule has 0 amide bonds. The molecular formula is C11H9BrN2OS. The lowest BCUT2D eigenvalue weighted by molar-refractivity contribution is 0.972. The van der Waals surface area contributed by atoms with Gasteiger partial charge in [0.05, 0.1) is 5.69 Å². The van der Waals surface area contributed by atoms with Gasteiger partial charge in [0.25, 0.3) is 5.56 Å². The van der Waals surface area contributed by atoms with Crippen LogP contribution in [0.15, 0.2) is 39.6 Å². The third-order valence-electron chi connectivity index (χ3n) is 2.19. The first kappa shape index (κ1) is 11.4. The molecule has 0 unspecified atom stereocenters. The molecule has 5 heteroatoms. The van der Waals surface area contributed by atoms with Gasteiger partial charge in [-0.15, -0.1) is 0 Å². The highest BCUT2D eigenvalue weighted by Crippen LogP contribution is 2.19. The van der Waals surface area contributed by atoms with Crippen molar-refractivity contribution in [1.82, 2.24) is 10.2 Å². The average molecular weight is 297 g/mol. The van der Waals surface area contributed by atoms with Crippen LogP contribution in [0.3, 0.4) is 0 Å². The van der Waals surface area contributed by atoms with Crippen molar-refractivity contribution in [3.63, 3.8) is 0 Å². The Morgan fingerprint density at radius 2 is 2.00 bits per heavy atom. The first-order valence-corrected chi connectivity index (χ1v) is 6.08. The van der Waals surface area contributed by atoms with E-state index >= 15 is 0 Å². The van der Waals surface area contributed by atoms with Crippen LogP contribution in [0.4, 0.5) is 0 Å². The molecule has 2 rings (SSSR count). The molecule has 1 N–H and O–H groups in total. The molecule has 1 heterocycles. The minimum atomic E-state index is -0.184. The lowest BCUT2D eigenvalue weighted by Gasteiger charge is -2.02. The highest BCUT2D eigenvalue weighted by atomic mass is 79.9. The largest absolute Gasteiger partial charge is 0.268 e. The maximum absolute atomic E-state index is 11.3. The molecule has 16 heavy (non-hydrogen) atoms. The van der Waals surface area contributed by atoms with Crippen molar-refractivity contribution < 1.29 is 0 Å². The third kappa shape index (κ3) is 2.36. The topological polar surface area (TPSA) is 45.8 Å². The number of aromatic amines is 1. The number of H-pyrrole nitrogens is 1. The Hall–Kier alpha value is -1.07. The van der Waals surface area contributed by atoms with E-state index in [1.54, 1.807) is 6.07 Å². The SMILES string of the molecule is O=c1[nH]nc(-c2ccc(Br)cc2)cc1CS. The summed E-state index contributed by atoms with van der Waals surface area (Å²) in [4.78, 5) is 11.3. The molecule has 1 aromatic heterocycles. The van der Waals surface area contributed by atoms with Crippen molar-refractivity contribution in [2.75, 3.05) is 0 Å². The lowest BCUT2D eigenvalue weighted by Crippen LogP contribution is -2.13. The molecule has 0 radical (unpaired) electrons. The Kier molecular flexibility index (Phi) is 3.46. The van der Waals surface area contributed by atoms with Crippen molar-refractivity contribution in [3.05, 3.63) is 50.7 Å². The van der Waals surface area contributed by atoms with Gasteiger partial charge in [-0.1, -0.05) is 28.1 Å². The van der Waals surface area contributed by atoms with E-state index in [9.17, 15) is 4.79 Å². The van der Waals surface area contributed by atoms with Crippen LogP contribution < -0.4 is 5.56 Å². The van der Waals surface area contributed by atoms with Gasteiger partial charge in [0.1, 0.15) is 0 Å². The molecule has 0 atom stereocenters. The van der Waals surface area contributed by atoms with E-state index in [1.165, 1.54) is 0 Å². The van der Waals surface area contributed by atoms with Crippen LogP contribution in [-0.2, 0) is 5.75 Å². The molecule has 0 aliphatic carbocycles. The van der Waals surface area contributed by atoms with Crippen molar-refractivity contribution >= 4 is 28.6 Å². The van der Waals surface area contributed by atoms with Crippen molar-refractivity contribution in [3.8, 4) is 11.3 Å². The van der Waals surface area contributed by atoms with Crippen LogP contribution in [0.2, 0.25) is 0 Å². The zero-order valence-electron chi connectivity index (χ0n) is 8.27. The summed E-state index contributed by atoms with van der Waals surface area (Å²) in [7, 11) is 0. The molecule has 0 aliphatic rings. The summed E-state index contributed by atoms with van der Waals surface area (Å²) in [6, 6.07) is 9.50. The van der Waals surface area contributed by atoms with E-state index in [0.29, 0.717) is 11.3 Å². The highest BCUT2D eigenvalue weighted by Gasteiger charge is 2.03. The van der Waals surface area contributed by atoms with Crippen molar-refractivity contribution in [2.45, 2.75) is 5.75 Å². The van der Waals surface area contributed by atoms with Gasteiger partial charge in [-0.05, 0) is 18.2 Å². The van der Waals surface area contributed by atoms with Crippen LogP contribution in [0.5, 0.6) is 0 Å². The summed E-state index contributed by atoms with van der Waals surface area (Å²) in [5.41, 5.74) is 2.14. The van der Waals surface area contributed by atoms with E-state index < -0.39 is 0 Å². The summed E-state index contributed by atoms with van der Waals surface area (Å²) in [6.45, 7) is 0. The maximum atomic E-state index is 11.3. The number of nitrogens with one attached hydrogen (secondary N) is 1. The van der Waals surface area contributed by atoms with Gasteiger partial charge in [-0.25, -0.2) is 5.10 Å². The predicted molar refractivity (Wildman–Crippen MR) is 70.7 cm³/mol. The standard InChI is InChI=1S/C11H9BrN2OS/c12-9-3-1-7(2-4-9)10-5-8(6-16)11(15)14-13-10/h1-5,16H,6H2,(H,14,15). The number of thiol groups is 1. The lowest BCUT2D eigenvalue weighted by atomic mass is 10.1. The molecular weight excluding hydrogens is 288 g/mol. The van der Waals surface area contributed by atoms with Crippen LogP contribution in [0.25, 0.3) is 11.3 Å². The summed E-state index contributed by atoms with van der Waals surface area (Å²) in [5, 5.41) is 6.47. The van der Waals surface area contributed by atoms with Crippen LogP contribution in [0.1, 0.15) is 5.56 Å². The summed E-state index contributed by atoms with van der Waals surface area (Å²) < 4.78 is 1.01. The average Bonchev–Trinajstić information content (AvgIpc) is 2.31. The summed E-state index contributed by atoms with van der Waals surface area (Å²) in [5.74, 6) is 0.404. The van der Waals surface area contributed by atoms with E-state index in [-0.39, 0.29) is 5.56 Å². The van der Waals surface area contributed by atoms with Crippen molar-refractivity contribution in [2.24, 2.45) is 0 Å². The monoisotopic (exact) mass is 296 g/mol. The second-order valence-corrected chi connectivity index (χ2v) is 4.50. The van der Waals surface area contributed by atoms with Gasteiger partial charge >= 0.3 is 0 Å². The Morgan fingerprint density at radius 3 is 2.62 bits per heavy atom. The van der Waals surface area contributed by atoms with E-state index in [4.69, 9.17) is 0 Å². The minimum Gasteiger partial charge on any atom is -0.268 e. The number of benzene rings is 1. The molecule has 0 aliphatic heterocycles. The molecule has 0 bridgehead atoms. The third-order valence-corrected chi connectivity index (χ3v) is 3.06. The van der Waals surface area contributed by atoms with Crippen LogP contribution in [-0.4, -0.2) is 10.2 Å². The second-order valence-electron chi connectivity index (χ2n) is 3.27. The highest BCUT2D eigenvalue weighted by molar-refractivity contribution is 9.10. The van der Waals surface area contributed by atoms with Gasteiger partial charge in [-0.3, -0.25) is 4.79 Å². The molecule has 0 fully saturated rings. The Bertz CT molecular complexity index is 551. The smallest absolute Gasteiger partial charge is 0.268 e. The zero-order valence-corrected chi connectivity index (χ0v) is 10.8. The summed E-state index contributed by atoms with van der Waals surface area (Å²) >= 11 is 7.47. The zero-order chi connectivity index (χ0) is 11.5. The maximum Gasteiger partial charge on any atom is 0.268 e. The van der Waals surface area contributed by atoms with Crippen LogP contribution >= 0.6 is 28.6 Å². The normalized spacial score (nSPS) is 10.4. The molecule has 3 nitrogen and oxygen atoms in total. The van der Waals surface area contributed by atoms with Crippen molar-refractivity contribution in [1.29, 1.82) is 0 Å². The molecule has 1 aromatic carbocycles. The van der Waals surface area contributed by atoms with Gasteiger partial charge in [-0.2, -0.15) is 17.7 Å². The molecule has 0 saturated carbocycles. The first-order chi connectivity index (χ1) is 7.70. The van der Waals surface area contributed by atoms with Gasteiger partial charge < -0.3 is 0 Å². The summed E-state index contributed by atoms with van der Waals surface area (Å²) in [6.07, 6.45) is 0. The number of aromatic nitrogens is 2. The van der Waals surface area contributed by atoms with Gasteiger partial charge in [0.2, 0.25) is 0 Å². The Labute approximate surface area is 106 Å². The number of nitrogens with zero attached hydrogens (tertiary/aromatic N) is 1. The number of rotatable bonds is 2. The number of halogens is 1. The van der Waals surface area contributed by atoms with E-state index in [0.717, 1.165) is 15.7 Å². The molecule has 0 saturated heterocycles. The van der Waals surface area contributed by atoms with E-state index in [2.05, 4.69) is 38.8 Å². The fourth-order valence-corrected chi connectivity index (χ4v) is 1.83. The quantitative estimate of drug-likeness (QED) is 0.837. The minimum absolute atomic E-state index is 0.184. The van der Waals surface area contributed by atoms with E-state index in [1.807, 2.05) is 24.3 Å². The molecule has 82 valence electrons. The van der Waals surface area contributed by atoms with Crippen LogP contribution in [0, 0.1) is 0 Å².